The number of nitro benzene ring substituents is 1. The van der Waals surface area contributed by atoms with Crippen molar-refractivity contribution in [3.05, 3.63) is 51.2 Å². The highest BCUT2D eigenvalue weighted by Gasteiger charge is 2.37. The van der Waals surface area contributed by atoms with Crippen molar-refractivity contribution in [2.45, 2.75) is 33.1 Å². The summed E-state index contributed by atoms with van der Waals surface area (Å²) in [4.78, 5) is 44.1. The van der Waals surface area contributed by atoms with Crippen LogP contribution in [0.1, 0.15) is 38.7 Å². The predicted octanol–water partition coefficient (Wildman–Crippen LogP) is 3.17. The van der Waals surface area contributed by atoms with Crippen molar-refractivity contribution < 1.29 is 28.8 Å². The molecule has 1 aliphatic heterocycles. The maximum absolute atomic E-state index is 12.6. The number of ether oxygens (including phenoxy) is 2. The second-order valence-electron chi connectivity index (χ2n) is 6.78. The number of non-ortho nitro benzene ring substituents is 1. The molecule has 0 bridgehead atoms. The van der Waals surface area contributed by atoms with Crippen molar-refractivity contribution >= 4 is 29.6 Å². The van der Waals surface area contributed by atoms with Gasteiger partial charge in [0.1, 0.15) is 0 Å². The lowest BCUT2D eigenvalue weighted by molar-refractivity contribution is -0.384. The predicted molar refractivity (Wildman–Crippen MR) is 113 cm³/mol. The van der Waals surface area contributed by atoms with E-state index >= 15 is 0 Å². The maximum Gasteiger partial charge on any atom is 0.347 e. The number of oxime groups is 1. The van der Waals surface area contributed by atoms with Crippen LogP contribution in [0.2, 0.25) is 0 Å². The Morgan fingerprint density at radius 2 is 2.06 bits per heavy atom. The molecule has 1 aromatic rings. The summed E-state index contributed by atoms with van der Waals surface area (Å²) in [5.41, 5.74) is 2.07. The largest absolute Gasteiger partial charge is 0.466 e. The molecule has 2 rings (SSSR count). The first-order valence-electron chi connectivity index (χ1n) is 9.68. The highest BCUT2D eigenvalue weighted by Crippen LogP contribution is 2.41. The number of carbonyl (C=O) groups excluding carboxylic acids is 2. The molecule has 0 N–H and O–H groups in total. The van der Waals surface area contributed by atoms with Gasteiger partial charge in [-0.3, -0.25) is 15.1 Å². The van der Waals surface area contributed by atoms with E-state index < -0.39 is 22.8 Å². The van der Waals surface area contributed by atoms with Crippen LogP contribution < -0.4 is 0 Å². The Morgan fingerprint density at radius 3 is 2.71 bits per heavy atom. The van der Waals surface area contributed by atoms with Crippen LogP contribution in [0.3, 0.4) is 0 Å². The first kappa shape index (κ1) is 23.7. The van der Waals surface area contributed by atoms with Crippen LogP contribution in [-0.4, -0.2) is 49.1 Å². The number of allylic oxidation sites excluding steroid dienone is 1. The monoisotopic (exact) mass is 431 g/mol. The molecule has 0 saturated heterocycles. The summed E-state index contributed by atoms with van der Waals surface area (Å²) in [5, 5.41) is 15.0. The third kappa shape index (κ3) is 5.97. The van der Waals surface area contributed by atoms with E-state index in [1.54, 1.807) is 26.0 Å². The smallest absolute Gasteiger partial charge is 0.347 e. The van der Waals surface area contributed by atoms with E-state index in [0.29, 0.717) is 23.3 Å². The van der Waals surface area contributed by atoms with E-state index in [9.17, 15) is 19.7 Å². The minimum Gasteiger partial charge on any atom is -0.466 e. The van der Waals surface area contributed by atoms with Gasteiger partial charge in [-0.2, -0.15) is 0 Å². The zero-order chi connectivity index (χ0) is 23.0. The van der Waals surface area contributed by atoms with E-state index in [1.165, 1.54) is 25.5 Å². The van der Waals surface area contributed by atoms with E-state index in [2.05, 4.69) is 10.1 Å². The Morgan fingerprint density at radius 1 is 1.32 bits per heavy atom. The quantitative estimate of drug-likeness (QED) is 0.254. The van der Waals surface area contributed by atoms with Gasteiger partial charge in [0.15, 0.2) is 0 Å². The normalized spacial score (nSPS) is 18.5. The lowest BCUT2D eigenvalue weighted by Gasteiger charge is -2.32. The van der Waals surface area contributed by atoms with Crippen LogP contribution in [0.15, 0.2) is 45.7 Å². The Hall–Kier alpha value is -3.56. The summed E-state index contributed by atoms with van der Waals surface area (Å²) >= 11 is 0. The number of esters is 2. The fourth-order valence-corrected chi connectivity index (χ4v) is 3.50. The molecule has 0 amide bonds. The SMILES string of the molecule is CCOC(=O)CO/N=C/CC1C(C)=NC(C)=C(C(=O)OC)C1c1cccc([N+](=O)[O-])c1. The number of nitro groups is 1. The standard InChI is InChI=1S/C21H25N3O7/c1-5-30-18(25)12-31-22-10-9-17-13(2)23-14(3)19(21(26)29-4)20(17)15-7-6-8-16(11-15)24(27)28/h6-8,10-11,17,20H,5,9,12H2,1-4H3/b22-10+. The van der Waals surface area contributed by atoms with Gasteiger partial charge in [0.05, 0.1) is 24.2 Å². The first-order chi connectivity index (χ1) is 14.8. The van der Waals surface area contributed by atoms with Crippen molar-refractivity contribution in [1.29, 1.82) is 0 Å². The minimum atomic E-state index is -0.550. The number of aliphatic imine (C=N–C) groups is 1. The van der Waals surface area contributed by atoms with Crippen LogP contribution >= 0.6 is 0 Å². The molecule has 31 heavy (non-hydrogen) atoms. The van der Waals surface area contributed by atoms with Gasteiger partial charge in [0.2, 0.25) is 6.61 Å². The summed E-state index contributed by atoms with van der Waals surface area (Å²) in [6.07, 6.45) is 1.79. The molecule has 0 aliphatic carbocycles. The first-order valence-corrected chi connectivity index (χ1v) is 9.68. The molecule has 1 heterocycles. The van der Waals surface area contributed by atoms with Crippen LogP contribution in [0.25, 0.3) is 0 Å². The third-order valence-electron chi connectivity index (χ3n) is 4.83. The Labute approximate surface area is 179 Å². The molecule has 1 aromatic carbocycles. The second kappa shape index (κ2) is 11.0. The Balaban J connectivity index is 2.35. The fraction of sp³-hybridized carbons (Fsp3) is 0.429. The highest BCUT2D eigenvalue weighted by molar-refractivity contribution is 5.98. The molecule has 1 aliphatic rings. The molecule has 2 atom stereocenters. The van der Waals surface area contributed by atoms with Gasteiger partial charge in [-0.15, -0.1) is 0 Å². The lowest BCUT2D eigenvalue weighted by atomic mass is 9.74. The van der Waals surface area contributed by atoms with Gasteiger partial charge >= 0.3 is 11.9 Å². The van der Waals surface area contributed by atoms with Crippen molar-refractivity contribution in [1.82, 2.24) is 0 Å². The van der Waals surface area contributed by atoms with E-state index in [-0.39, 0.29) is 24.8 Å². The van der Waals surface area contributed by atoms with E-state index in [0.717, 1.165) is 5.71 Å². The molecule has 0 radical (unpaired) electrons. The summed E-state index contributed by atoms with van der Waals surface area (Å²) < 4.78 is 9.71. The summed E-state index contributed by atoms with van der Waals surface area (Å²) in [6, 6.07) is 6.14. The lowest BCUT2D eigenvalue weighted by Crippen LogP contribution is -2.30. The average Bonchev–Trinajstić information content (AvgIpc) is 2.74. The van der Waals surface area contributed by atoms with Crippen LogP contribution in [0.5, 0.6) is 0 Å². The number of methoxy groups -OCH3 is 1. The molecule has 0 fully saturated rings. The van der Waals surface area contributed by atoms with Gasteiger partial charge in [-0.1, -0.05) is 17.3 Å². The number of hydrogen-bond acceptors (Lipinski definition) is 9. The molecule has 2 unspecified atom stereocenters. The van der Waals surface area contributed by atoms with Gasteiger partial charge in [-0.25, -0.2) is 9.59 Å². The van der Waals surface area contributed by atoms with Crippen molar-refractivity contribution in [2.24, 2.45) is 16.1 Å². The number of carbonyl (C=O) groups is 2. The second-order valence-corrected chi connectivity index (χ2v) is 6.78. The summed E-state index contributed by atoms with van der Waals surface area (Å²) in [5.74, 6) is -1.93. The molecule has 0 saturated carbocycles. The maximum atomic E-state index is 12.6. The molecular formula is C21H25N3O7. The summed E-state index contributed by atoms with van der Waals surface area (Å²) in [6.45, 7) is 5.14. The van der Waals surface area contributed by atoms with Crippen LogP contribution in [0, 0.1) is 16.0 Å². The number of benzene rings is 1. The fourth-order valence-electron chi connectivity index (χ4n) is 3.50. The average molecular weight is 431 g/mol. The zero-order valence-corrected chi connectivity index (χ0v) is 17.9. The van der Waals surface area contributed by atoms with Gasteiger partial charge < -0.3 is 14.3 Å². The van der Waals surface area contributed by atoms with E-state index in [4.69, 9.17) is 14.3 Å². The topological polar surface area (TPSA) is 130 Å². The molecule has 10 nitrogen and oxygen atoms in total. The number of nitrogens with zero attached hydrogens (tertiary/aromatic N) is 3. The van der Waals surface area contributed by atoms with Gasteiger partial charge in [-0.05, 0) is 32.8 Å². The van der Waals surface area contributed by atoms with Crippen molar-refractivity contribution in [2.75, 3.05) is 20.3 Å². The third-order valence-corrected chi connectivity index (χ3v) is 4.83. The number of hydrogen-bond donors (Lipinski definition) is 0. The van der Waals surface area contributed by atoms with Crippen LogP contribution in [-0.2, 0) is 23.9 Å². The van der Waals surface area contributed by atoms with Gasteiger partial charge in [0.25, 0.3) is 5.69 Å². The molecule has 0 aromatic heterocycles. The van der Waals surface area contributed by atoms with Crippen LogP contribution in [0.4, 0.5) is 5.69 Å². The molecule has 0 spiro atoms. The van der Waals surface area contributed by atoms with Crippen molar-refractivity contribution in [3.8, 4) is 0 Å². The molecule has 166 valence electrons. The number of rotatable bonds is 9. The zero-order valence-electron chi connectivity index (χ0n) is 17.9. The Kier molecular flexibility index (Phi) is 8.42. The summed E-state index contributed by atoms with van der Waals surface area (Å²) in [7, 11) is 1.28. The molecular weight excluding hydrogens is 406 g/mol. The van der Waals surface area contributed by atoms with E-state index in [1.807, 2.05) is 6.92 Å². The van der Waals surface area contributed by atoms with Crippen molar-refractivity contribution in [3.63, 3.8) is 0 Å². The minimum absolute atomic E-state index is 0.0790. The van der Waals surface area contributed by atoms with Gasteiger partial charge in [0, 0.05) is 41.6 Å². The highest BCUT2D eigenvalue weighted by atomic mass is 16.7. The Bertz CT molecular complexity index is 937. The molecule has 10 heteroatoms.